The number of primary amides is 1. The molecule has 1 amide bonds. The molecule has 0 saturated carbocycles. The third kappa shape index (κ3) is 2.12. The average molecular weight is 266 g/mol. The summed E-state index contributed by atoms with van der Waals surface area (Å²) in [5.41, 5.74) is 4.04. The van der Waals surface area contributed by atoms with Crippen LogP contribution in [0, 0.1) is 15.9 Å². The molecule has 19 heavy (non-hydrogen) atoms. The third-order valence-corrected chi connectivity index (χ3v) is 2.50. The summed E-state index contributed by atoms with van der Waals surface area (Å²) in [4.78, 5) is 35.3. The summed E-state index contributed by atoms with van der Waals surface area (Å²) < 4.78 is 13.4. The molecular weight excluding hydrogens is 259 g/mol. The van der Waals surface area contributed by atoms with E-state index in [1.807, 2.05) is 0 Å². The van der Waals surface area contributed by atoms with Gasteiger partial charge in [0.15, 0.2) is 0 Å². The van der Waals surface area contributed by atoms with Crippen molar-refractivity contribution in [1.82, 2.24) is 0 Å². The number of carbonyl (C=O) groups excluding carboxylic acids is 2. The number of aliphatic imine (C=N–C) groups is 1. The zero-order valence-electron chi connectivity index (χ0n) is 9.29. The smallest absolute Gasteiger partial charge is 0.307 e. The van der Waals surface area contributed by atoms with Gasteiger partial charge in [0.25, 0.3) is 5.91 Å². The lowest BCUT2D eigenvalue weighted by Crippen LogP contribution is -2.41. The number of hydrogen-bond acceptors (Lipinski definition) is 6. The molecule has 2 rings (SSSR count). The maximum atomic E-state index is 13.4. The third-order valence-electron chi connectivity index (χ3n) is 2.50. The molecule has 0 saturated heterocycles. The number of benzene rings is 1. The van der Waals surface area contributed by atoms with Crippen molar-refractivity contribution in [2.75, 3.05) is 5.32 Å². The molecule has 0 aliphatic carbocycles. The van der Waals surface area contributed by atoms with Gasteiger partial charge in [-0.1, -0.05) is 0 Å². The molecule has 1 aromatic carbocycles. The number of halogens is 1. The number of nitro benzene ring substituents is 1. The van der Waals surface area contributed by atoms with E-state index in [4.69, 9.17) is 5.73 Å². The number of amides is 1. The number of hydrogen-bond donors (Lipinski definition) is 2. The Hall–Kier alpha value is -2.84. The molecule has 0 fully saturated rings. The lowest BCUT2D eigenvalue weighted by Gasteiger charge is -2.21. The van der Waals surface area contributed by atoms with Crippen LogP contribution in [0.15, 0.2) is 17.1 Å². The molecule has 98 valence electrons. The maximum absolute atomic E-state index is 13.4. The summed E-state index contributed by atoms with van der Waals surface area (Å²) in [6.45, 7) is 0. The van der Waals surface area contributed by atoms with Gasteiger partial charge in [-0.15, -0.1) is 0 Å². The molecule has 1 aliphatic heterocycles. The molecule has 0 bridgehead atoms. The van der Waals surface area contributed by atoms with E-state index in [1.165, 1.54) is 0 Å². The van der Waals surface area contributed by atoms with Crippen molar-refractivity contribution in [1.29, 1.82) is 0 Å². The fourth-order valence-electron chi connectivity index (χ4n) is 1.64. The van der Waals surface area contributed by atoms with E-state index < -0.39 is 28.4 Å². The molecular formula is C10H7FN4O4. The number of nitrogens with one attached hydrogen (secondary N) is 1. The predicted molar refractivity (Wildman–Crippen MR) is 62.8 cm³/mol. The Bertz CT molecular complexity index is 628. The Kier molecular flexibility index (Phi) is 2.95. The van der Waals surface area contributed by atoms with Crippen LogP contribution in [0.3, 0.4) is 0 Å². The van der Waals surface area contributed by atoms with E-state index in [9.17, 15) is 24.1 Å². The van der Waals surface area contributed by atoms with Crippen molar-refractivity contribution < 1.29 is 18.9 Å². The van der Waals surface area contributed by atoms with Crippen LogP contribution in [0.4, 0.5) is 21.5 Å². The van der Waals surface area contributed by atoms with E-state index >= 15 is 0 Å². The Morgan fingerprint density at radius 3 is 2.79 bits per heavy atom. The molecule has 9 heteroatoms. The van der Waals surface area contributed by atoms with E-state index in [-0.39, 0.29) is 17.1 Å². The first-order chi connectivity index (χ1) is 8.93. The maximum Gasteiger partial charge on any atom is 0.307 e. The van der Waals surface area contributed by atoms with Gasteiger partial charge in [0, 0.05) is 12.1 Å². The normalized spacial score (nSPS) is 16.9. The second kappa shape index (κ2) is 4.44. The lowest BCUT2D eigenvalue weighted by molar-refractivity contribution is -0.387. The summed E-state index contributed by atoms with van der Waals surface area (Å²) in [5.74, 6) is -2.03. The molecule has 1 unspecified atom stereocenters. The van der Waals surface area contributed by atoms with Gasteiger partial charge in [-0.2, -0.15) is 4.39 Å². The van der Waals surface area contributed by atoms with Crippen LogP contribution in [0.5, 0.6) is 0 Å². The second-order valence-corrected chi connectivity index (χ2v) is 3.70. The first-order valence-electron chi connectivity index (χ1n) is 5.02. The summed E-state index contributed by atoms with van der Waals surface area (Å²) in [5, 5.41) is 13.1. The van der Waals surface area contributed by atoms with Gasteiger partial charge in [-0.3, -0.25) is 14.9 Å². The van der Waals surface area contributed by atoms with E-state index in [2.05, 4.69) is 10.3 Å². The number of nitro groups is 1. The number of rotatable bonds is 3. The first kappa shape index (κ1) is 12.6. The van der Waals surface area contributed by atoms with Crippen LogP contribution >= 0.6 is 0 Å². The van der Waals surface area contributed by atoms with Crippen LogP contribution in [0.25, 0.3) is 0 Å². The van der Waals surface area contributed by atoms with Gasteiger partial charge in [0.05, 0.1) is 16.3 Å². The standard InChI is InChI=1S/C10H7FN4O4/c11-4-1-5-6(2-8(4)15(18)19)13-7(3-16)9(14-5)10(12)17/h1-3,7,13H,(H2,12,17). The van der Waals surface area contributed by atoms with Crippen LogP contribution in [0.2, 0.25) is 0 Å². The molecule has 0 radical (unpaired) electrons. The second-order valence-electron chi connectivity index (χ2n) is 3.70. The van der Waals surface area contributed by atoms with Gasteiger partial charge in [-0.05, 0) is 0 Å². The van der Waals surface area contributed by atoms with E-state index in [0.717, 1.165) is 12.1 Å². The number of nitrogens with zero attached hydrogens (tertiary/aromatic N) is 2. The first-order valence-corrected chi connectivity index (χ1v) is 5.02. The minimum Gasteiger partial charge on any atom is -0.369 e. The Balaban J connectivity index is 2.59. The van der Waals surface area contributed by atoms with Crippen molar-refractivity contribution in [3.63, 3.8) is 0 Å². The summed E-state index contributed by atoms with van der Waals surface area (Å²) in [6.07, 6.45) is 0.377. The highest BCUT2D eigenvalue weighted by Crippen LogP contribution is 2.35. The molecule has 1 heterocycles. The quantitative estimate of drug-likeness (QED) is 0.461. The number of fused-ring (bicyclic) bond motifs is 1. The predicted octanol–water partition coefficient (Wildman–Crippen LogP) is 0.285. The summed E-state index contributed by atoms with van der Waals surface area (Å²) in [7, 11) is 0. The SMILES string of the molecule is NC(=O)C1=Nc2cc(F)c([N+](=O)[O-])cc2NC1C=O. The highest BCUT2D eigenvalue weighted by atomic mass is 19.1. The highest BCUT2D eigenvalue weighted by molar-refractivity contribution is 6.44. The number of carbonyl (C=O) groups is 2. The summed E-state index contributed by atoms with van der Waals surface area (Å²) in [6, 6.07) is 0.586. The fraction of sp³-hybridized carbons (Fsp3) is 0.100. The van der Waals surface area contributed by atoms with Crippen molar-refractivity contribution >= 4 is 35.0 Å². The Morgan fingerprint density at radius 2 is 2.26 bits per heavy atom. The van der Waals surface area contributed by atoms with Gasteiger partial charge >= 0.3 is 5.69 Å². The number of nitrogens with two attached hydrogens (primary N) is 1. The molecule has 1 aliphatic rings. The van der Waals surface area contributed by atoms with Crippen molar-refractivity contribution in [2.45, 2.75) is 6.04 Å². The van der Waals surface area contributed by atoms with Crippen molar-refractivity contribution in [3.05, 3.63) is 28.1 Å². The van der Waals surface area contributed by atoms with Crippen LogP contribution in [-0.4, -0.2) is 28.9 Å². The van der Waals surface area contributed by atoms with Crippen LogP contribution < -0.4 is 11.1 Å². The van der Waals surface area contributed by atoms with Crippen molar-refractivity contribution in [3.8, 4) is 0 Å². The molecule has 1 atom stereocenters. The van der Waals surface area contributed by atoms with Gasteiger partial charge in [0.1, 0.15) is 18.0 Å². The molecule has 0 aromatic heterocycles. The zero-order chi connectivity index (χ0) is 14.2. The lowest BCUT2D eigenvalue weighted by atomic mass is 10.1. The van der Waals surface area contributed by atoms with Gasteiger partial charge in [-0.25, -0.2) is 4.99 Å². The van der Waals surface area contributed by atoms with Gasteiger partial charge in [0.2, 0.25) is 5.82 Å². The fourth-order valence-corrected chi connectivity index (χ4v) is 1.64. The summed E-state index contributed by atoms with van der Waals surface area (Å²) >= 11 is 0. The molecule has 1 aromatic rings. The Labute approximate surface area is 105 Å². The molecule has 8 nitrogen and oxygen atoms in total. The van der Waals surface area contributed by atoms with E-state index in [1.54, 1.807) is 0 Å². The average Bonchev–Trinajstić information content (AvgIpc) is 2.35. The zero-order valence-corrected chi connectivity index (χ0v) is 9.29. The van der Waals surface area contributed by atoms with E-state index in [0.29, 0.717) is 6.29 Å². The van der Waals surface area contributed by atoms with Crippen LogP contribution in [-0.2, 0) is 9.59 Å². The topological polar surface area (TPSA) is 128 Å². The minimum atomic E-state index is -1.12. The monoisotopic (exact) mass is 266 g/mol. The number of anilines is 1. The van der Waals surface area contributed by atoms with Crippen LogP contribution in [0.1, 0.15) is 0 Å². The Morgan fingerprint density at radius 1 is 1.58 bits per heavy atom. The van der Waals surface area contributed by atoms with Crippen molar-refractivity contribution in [2.24, 2.45) is 10.7 Å². The molecule has 3 N–H and O–H groups in total. The molecule has 0 spiro atoms. The minimum absolute atomic E-state index is 0.0324. The highest BCUT2D eigenvalue weighted by Gasteiger charge is 2.28. The number of aldehydes is 1. The van der Waals surface area contributed by atoms with Gasteiger partial charge < -0.3 is 15.8 Å². The largest absolute Gasteiger partial charge is 0.369 e.